The number of rotatable bonds is 7. The molecule has 7 heteroatoms. The van der Waals surface area contributed by atoms with Crippen molar-refractivity contribution in [3.8, 4) is 0 Å². The van der Waals surface area contributed by atoms with Crippen LogP contribution >= 0.6 is 0 Å². The molecule has 25 heavy (non-hydrogen) atoms. The van der Waals surface area contributed by atoms with Crippen molar-refractivity contribution in [3.05, 3.63) is 29.8 Å². The lowest BCUT2D eigenvalue weighted by Crippen LogP contribution is -2.35. The summed E-state index contributed by atoms with van der Waals surface area (Å²) in [7, 11) is -0.400. The summed E-state index contributed by atoms with van der Waals surface area (Å²) < 4.78 is 25.2. The number of nitrogens with one attached hydrogen (secondary N) is 2. The number of hydrogen-bond donors (Lipinski definition) is 2. The first-order chi connectivity index (χ1) is 11.8. The van der Waals surface area contributed by atoms with Gasteiger partial charge in [0.2, 0.25) is 15.9 Å². The molecule has 1 aliphatic rings. The van der Waals surface area contributed by atoms with Crippen LogP contribution in [0.15, 0.2) is 29.2 Å². The van der Waals surface area contributed by atoms with E-state index in [9.17, 15) is 13.2 Å². The SMILES string of the molecule is CC(CC(=O)NCc1ccc(S(=O)(=O)N(C)C)cc1)C1CCCNC1. The van der Waals surface area contributed by atoms with Crippen LogP contribution in [0.4, 0.5) is 0 Å². The molecule has 0 aliphatic carbocycles. The van der Waals surface area contributed by atoms with E-state index in [1.54, 1.807) is 24.3 Å². The van der Waals surface area contributed by atoms with Crippen molar-refractivity contribution in [1.29, 1.82) is 0 Å². The monoisotopic (exact) mass is 367 g/mol. The first-order valence-electron chi connectivity index (χ1n) is 8.79. The van der Waals surface area contributed by atoms with Crippen LogP contribution in [0.5, 0.6) is 0 Å². The Labute approximate surface area is 151 Å². The first kappa shape index (κ1) is 19.9. The van der Waals surface area contributed by atoms with Gasteiger partial charge in [-0.2, -0.15) is 0 Å². The third kappa shape index (κ3) is 5.52. The van der Waals surface area contributed by atoms with Gasteiger partial charge in [-0.25, -0.2) is 12.7 Å². The van der Waals surface area contributed by atoms with Crippen molar-refractivity contribution in [3.63, 3.8) is 0 Å². The highest BCUT2D eigenvalue weighted by Crippen LogP contribution is 2.22. The van der Waals surface area contributed by atoms with Gasteiger partial charge >= 0.3 is 0 Å². The van der Waals surface area contributed by atoms with E-state index < -0.39 is 10.0 Å². The second-order valence-electron chi connectivity index (χ2n) is 7.00. The van der Waals surface area contributed by atoms with E-state index in [0.29, 0.717) is 24.8 Å². The third-order valence-electron chi connectivity index (χ3n) is 4.84. The van der Waals surface area contributed by atoms with Crippen LogP contribution in [-0.2, 0) is 21.4 Å². The number of sulfonamides is 1. The molecule has 0 spiro atoms. The van der Waals surface area contributed by atoms with Gasteiger partial charge in [0.15, 0.2) is 0 Å². The topological polar surface area (TPSA) is 78.5 Å². The highest BCUT2D eigenvalue weighted by molar-refractivity contribution is 7.89. The van der Waals surface area contributed by atoms with Crippen molar-refractivity contribution in [1.82, 2.24) is 14.9 Å². The van der Waals surface area contributed by atoms with E-state index in [1.807, 2.05) is 0 Å². The van der Waals surface area contributed by atoms with Gasteiger partial charge in [-0.3, -0.25) is 4.79 Å². The van der Waals surface area contributed by atoms with Gasteiger partial charge in [-0.05, 0) is 55.5 Å². The fourth-order valence-corrected chi connectivity index (χ4v) is 3.99. The predicted octanol–water partition coefficient (Wildman–Crippen LogP) is 1.58. The van der Waals surface area contributed by atoms with Crippen molar-refractivity contribution in [2.45, 2.75) is 37.6 Å². The molecule has 1 saturated heterocycles. The van der Waals surface area contributed by atoms with Gasteiger partial charge in [0, 0.05) is 27.1 Å². The molecule has 2 unspecified atom stereocenters. The fourth-order valence-electron chi connectivity index (χ4n) is 3.09. The van der Waals surface area contributed by atoms with Crippen LogP contribution in [0.2, 0.25) is 0 Å². The first-order valence-corrected chi connectivity index (χ1v) is 10.2. The predicted molar refractivity (Wildman–Crippen MR) is 98.5 cm³/mol. The molecule has 6 nitrogen and oxygen atoms in total. The molecular formula is C18H29N3O3S. The summed E-state index contributed by atoms with van der Waals surface area (Å²) in [5, 5.41) is 6.32. The number of hydrogen-bond acceptors (Lipinski definition) is 4. The van der Waals surface area contributed by atoms with Crippen molar-refractivity contribution < 1.29 is 13.2 Å². The molecule has 0 bridgehead atoms. The molecule has 0 aromatic heterocycles. The molecule has 1 amide bonds. The highest BCUT2D eigenvalue weighted by atomic mass is 32.2. The summed E-state index contributed by atoms with van der Waals surface area (Å²) in [5.74, 6) is 0.971. The normalized spacial score (nSPS) is 19.6. The largest absolute Gasteiger partial charge is 0.352 e. The standard InChI is InChI=1S/C18H29N3O3S/c1-14(16-5-4-10-19-13-16)11-18(22)20-12-15-6-8-17(9-7-15)25(23,24)21(2)3/h6-9,14,16,19H,4-5,10-13H2,1-3H3,(H,20,22). The molecule has 1 fully saturated rings. The lowest BCUT2D eigenvalue weighted by Gasteiger charge is -2.28. The minimum Gasteiger partial charge on any atom is -0.352 e. The lowest BCUT2D eigenvalue weighted by atomic mass is 9.85. The Morgan fingerprint density at radius 2 is 2.00 bits per heavy atom. The fraction of sp³-hybridized carbons (Fsp3) is 0.611. The molecule has 0 radical (unpaired) electrons. The van der Waals surface area contributed by atoms with Gasteiger partial charge in [-0.1, -0.05) is 19.1 Å². The van der Waals surface area contributed by atoms with Crippen molar-refractivity contribution >= 4 is 15.9 Å². The van der Waals surface area contributed by atoms with Crippen molar-refractivity contribution in [2.75, 3.05) is 27.2 Å². The zero-order valence-corrected chi connectivity index (χ0v) is 16.1. The summed E-state index contributed by atoms with van der Waals surface area (Å²) in [4.78, 5) is 12.4. The molecule has 2 atom stereocenters. The maximum Gasteiger partial charge on any atom is 0.242 e. The summed E-state index contributed by atoms with van der Waals surface area (Å²) in [6.45, 7) is 4.63. The second-order valence-corrected chi connectivity index (χ2v) is 9.15. The van der Waals surface area contributed by atoms with Crippen LogP contribution in [0.1, 0.15) is 31.7 Å². The maximum atomic E-state index is 12.2. The van der Waals surface area contributed by atoms with Crippen molar-refractivity contribution in [2.24, 2.45) is 11.8 Å². The Kier molecular flexibility index (Phi) is 6.98. The molecule has 1 heterocycles. The molecule has 1 aromatic carbocycles. The lowest BCUT2D eigenvalue weighted by molar-refractivity contribution is -0.122. The maximum absolute atomic E-state index is 12.2. The van der Waals surface area contributed by atoms with Crippen LogP contribution in [0.25, 0.3) is 0 Å². The Balaban J connectivity index is 1.83. The van der Waals surface area contributed by atoms with Gasteiger partial charge in [0.25, 0.3) is 0 Å². The number of amides is 1. The van der Waals surface area contributed by atoms with E-state index in [-0.39, 0.29) is 10.8 Å². The molecule has 2 N–H and O–H groups in total. The Morgan fingerprint density at radius 3 is 2.56 bits per heavy atom. The van der Waals surface area contributed by atoms with E-state index in [1.165, 1.54) is 31.2 Å². The molecular weight excluding hydrogens is 338 g/mol. The van der Waals surface area contributed by atoms with E-state index >= 15 is 0 Å². The van der Waals surface area contributed by atoms with Gasteiger partial charge in [0.1, 0.15) is 0 Å². The number of carbonyl (C=O) groups is 1. The Bertz CT molecular complexity index is 665. The minimum absolute atomic E-state index is 0.0445. The van der Waals surface area contributed by atoms with Gasteiger partial charge < -0.3 is 10.6 Å². The zero-order valence-electron chi connectivity index (χ0n) is 15.3. The number of carbonyl (C=O) groups excluding carboxylic acids is 1. The summed E-state index contributed by atoms with van der Waals surface area (Å²) >= 11 is 0. The third-order valence-corrected chi connectivity index (χ3v) is 6.67. The minimum atomic E-state index is -3.41. The summed E-state index contributed by atoms with van der Waals surface area (Å²) in [6, 6.07) is 6.64. The molecule has 1 aliphatic heterocycles. The summed E-state index contributed by atoms with van der Waals surface area (Å²) in [6.07, 6.45) is 2.89. The average Bonchev–Trinajstić information content (AvgIpc) is 2.61. The highest BCUT2D eigenvalue weighted by Gasteiger charge is 2.22. The van der Waals surface area contributed by atoms with E-state index in [2.05, 4.69) is 17.6 Å². The van der Waals surface area contributed by atoms with Crippen LogP contribution in [0.3, 0.4) is 0 Å². The van der Waals surface area contributed by atoms with E-state index in [4.69, 9.17) is 0 Å². The van der Waals surface area contributed by atoms with Gasteiger partial charge in [0.05, 0.1) is 4.90 Å². The average molecular weight is 368 g/mol. The zero-order chi connectivity index (χ0) is 18.4. The summed E-state index contributed by atoms with van der Waals surface area (Å²) in [5.41, 5.74) is 0.887. The quantitative estimate of drug-likeness (QED) is 0.767. The molecule has 0 saturated carbocycles. The second kappa shape index (κ2) is 8.78. The van der Waals surface area contributed by atoms with Crippen LogP contribution in [-0.4, -0.2) is 45.8 Å². The number of piperidine rings is 1. The molecule has 2 rings (SSSR count). The van der Waals surface area contributed by atoms with Crippen LogP contribution in [0, 0.1) is 11.8 Å². The Hall–Kier alpha value is -1.44. The van der Waals surface area contributed by atoms with Gasteiger partial charge in [-0.15, -0.1) is 0 Å². The molecule has 140 valence electrons. The Morgan fingerprint density at radius 1 is 1.32 bits per heavy atom. The van der Waals surface area contributed by atoms with E-state index in [0.717, 1.165) is 18.7 Å². The number of nitrogens with zero attached hydrogens (tertiary/aromatic N) is 1. The molecule has 1 aromatic rings. The van der Waals surface area contributed by atoms with Crippen LogP contribution < -0.4 is 10.6 Å². The number of benzene rings is 1. The smallest absolute Gasteiger partial charge is 0.242 e.